The Morgan fingerprint density at radius 3 is 2.29 bits per heavy atom. The first-order chi connectivity index (χ1) is 9.72. The van der Waals surface area contributed by atoms with E-state index >= 15 is 0 Å². The summed E-state index contributed by atoms with van der Waals surface area (Å²) in [5.74, 6) is -0.398. The highest BCUT2D eigenvalue weighted by atomic mass is 32.2. The third kappa shape index (κ3) is 5.69. The largest absolute Gasteiger partial charge is 0.478 e. The summed E-state index contributed by atoms with van der Waals surface area (Å²) in [5.41, 5.74) is 0.631. The third-order valence-electron chi connectivity index (χ3n) is 3.34. The van der Waals surface area contributed by atoms with Crippen molar-refractivity contribution in [1.29, 1.82) is 0 Å². The van der Waals surface area contributed by atoms with Gasteiger partial charge < -0.3 is 5.11 Å². The van der Waals surface area contributed by atoms with E-state index in [0.717, 1.165) is 6.08 Å². The Morgan fingerprint density at radius 1 is 1.24 bits per heavy atom. The summed E-state index contributed by atoms with van der Waals surface area (Å²) in [4.78, 5) is 10.6. The van der Waals surface area contributed by atoms with Crippen LogP contribution in [0, 0.1) is 11.8 Å². The molecule has 0 saturated carbocycles. The van der Waals surface area contributed by atoms with Gasteiger partial charge in [0.05, 0.1) is 4.90 Å². The molecule has 0 radical (unpaired) electrons. The highest BCUT2D eigenvalue weighted by Gasteiger charge is 2.16. The topological polar surface area (TPSA) is 83.5 Å². The van der Waals surface area contributed by atoms with Crippen LogP contribution < -0.4 is 4.72 Å². The van der Waals surface area contributed by atoms with E-state index in [9.17, 15) is 13.2 Å². The minimum Gasteiger partial charge on any atom is -0.478 e. The number of hydrogen-bond donors (Lipinski definition) is 2. The highest BCUT2D eigenvalue weighted by Crippen LogP contribution is 2.13. The molecule has 0 aliphatic carbocycles. The van der Waals surface area contributed by atoms with E-state index in [0.29, 0.717) is 18.0 Å². The molecule has 1 aromatic carbocycles. The predicted octanol–water partition coefficient (Wildman–Crippen LogP) is 2.35. The number of carboxylic acids is 1. The van der Waals surface area contributed by atoms with Gasteiger partial charge in [-0.2, -0.15) is 0 Å². The lowest BCUT2D eigenvalue weighted by molar-refractivity contribution is -0.131. The van der Waals surface area contributed by atoms with Crippen LogP contribution in [0.15, 0.2) is 35.2 Å². The molecule has 0 heterocycles. The van der Waals surface area contributed by atoms with Crippen LogP contribution in [0.25, 0.3) is 6.08 Å². The molecule has 1 atom stereocenters. The van der Waals surface area contributed by atoms with E-state index in [1.54, 1.807) is 12.1 Å². The van der Waals surface area contributed by atoms with Crippen molar-refractivity contribution in [3.05, 3.63) is 35.9 Å². The van der Waals surface area contributed by atoms with E-state index < -0.39 is 16.0 Å². The number of sulfonamides is 1. The van der Waals surface area contributed by atoms with Crippen LogP contribution >= 0.6 is 0 Å². The van der Waals surface area contributed by atoms with Crippen LogP contribution in [0.5, 0.6) is 0 Å². The fraction of sp³-hybridized carbons (Fsp3) is 0.400. The molecule has 21 heavy (non-hydrogen) atoms. The summed E-state index contributed by atoms with van der Waals surface area (Å²) in [6, 6.07) is 6.06. The van der Waals surface area contributed by atoms with Gasteiger partial charge in [-0.1, -0.05) is 32.9 Å². The standard InChI is InChI=1S/C15H21NO4S/c1-11(2)12(3)10-16-21(19,20)14-7-4-13(5-8-14)6-9-15(17)18/h4-9,11-12,16H,10H2,1-3H3,(H,17,18). The van der Waals surface area contributed by atoms with E-state index in [4.69, 9.17) is 5.11 Å². The van der Waals surface area contributed by atoms with Crippen LogP contribution in [0.4, 0.5) is 0 Å². The van der Waals surface area contributed by atoms with Crippen molar-refractivity contribution in [1.82, 2.24) is 4.72 Å². The molecule has 1 aromatic rings. The second-order valence-electron chi connectivity index (χ2n) is 5.31. The SMILES string of the molecule is CC(C)C(C)CNS(=O)(=O)c1ccc(C=CC(=O)O)cc1. The quantitative estimate of drug-likeness (QED) is 0.757. The lowest BCUT2D eigenvalue weighted by Crippen LogP contribution is -2.30. The van der Waals surface area contributed by atoms with E-state index in [2.05, 4.69) is 4.72 Å². The van der Waals surface area contributed by atoms with Gasteiger partial charge in [0, 0.05) is 12.6 Å². The Kier molecular flexibility index (Phi) is 6.11. The predicted molar refractivity (Wildman–Crippen MR) is 82.3 cm³/mol. The molecule has 0 amide bonds. The van der Waals surface area contributed by atoms with Crippen molar-refractivity contribution >= 4 is 22.1 Å². The van der Waals surface area contributed by atoms with Crippen molar-refractivity contribution in [3.63, 3.8) is 0 Å². The summed E-state index contributed by atoms with van der Waals surface area (Å²) < 4.78 is 26.8. The lowest BCUT2D eigenvalue weighted by Gasteiger charge is -2.16. The average molecular weight is 311 g/mol. The highest BCUT2D eigenvalue weighted by molar-refractivity contribution is 7.89. The van der Waals surface area contributed by atoms with Crippen LogP contribution in [0.1, 0.15) is 26.3 Å². The fourth-order valence-corrected chi connectivity index (χ4v) is 2.63. The van der Waals surface area contributed by atoms with Gasteiger partial charge >= 0.3 is 5.97 Å². The second-order valence-corrected chi connectivity index (χ2v) is 7.08. The average Bonchev–Trinajstić information content (AvgIpc) is 2.43. The van der Waals surface area contributed by atoms with Crippen molar-refractivity contribution in [3.8, 4) is 0 Å². The molecule has 0 fully saturated rings. The molecule has 6 heteroatoms. The molecule has 1 unspecified atom stereocenters. The molecule has 0 bridgehead atoms. The number of hydrogen-bond acceptors (Lipinski definition) is 3. The van der Waals surface area contributed by atoms with Crippen LogP contribution in [-0.2, 0) is 14.8 Å². The zero-order chi connectivity index (χ0) is 16.0. The Hall–Kier alpha value is -1.66. The number of carboxylic acid groups (broad SMARTS) is 1. The molecule has 0 aromatic heterocycles. The van der Waals surface area contributed by atoms with E-state index in [1.165, 1.54) is 18.2 Å². The number of benzene rings is 1. The minimum absolute atomic E-state index is 0.172. The molecule has 2 N–H and O–H groups in total. The van der Waals surface area contributed by atoms with Crippen molar-refractivity contribution in [2.24, 2.45) is 11.8 Å². The molecule has 1 rings (SSSR count). The second kappa shape index (κ2) is 7.38. The minimum atomic E-state index is -3.53. The molecular formula is C15H21NO4S. The summed E-state index contributed by atoms with van der Waals surface area (Å²) in [5, 5.41) is 8.53. The maximum atomic E-state index is 12.1. The lowest BCUT2D eigenvalue weighted by atomic mass is 9.99. The maximum Gasteiger partial charge on any atom is 0.328 e. The first kappa shape index (κ1) is 17.4. The summed E-state index contributed by atoms with van der Waals surface area (Å²) in [6.45, 7) is 6.47. The van der Waals surface area contributed by atoms with E-state index in [1.807, 2.05) is 20.8 Å². The molecule has 0 saturated heterocycles. The van der Waals surface area contributed by atoms with E-state index in [-0.39, 0.29) is 10.8 Å². The van der Waals surface area contributed by atoms with Gasteiger partial charge in [0.25, 0.3) is 0 Å². The fourth-order valence-electron chi connectivity index (χ4n) is 1.49. The van der Waals surface area contributed by atoms with Gasteiger partial charge in [0.15, 0.2) is 0 Å². The maximum absolute atomic E-state index is 12.1. The Labute approximate surface area is 125 Å². The van der Waals surface area contributed by atoms with Gasteiger partial charge in [-0.25, -0.2) is 17.9 Å². The number of rotatable bonds is 7. The van der Waals surface area contributed by atoms with Crippen LogP contribution in [0.2, 0.25) is 0 Å². The molecular weight excluding hydrogens is 290 g/mol. The Morgan fingerprint density at radius 2 is 1.81 bits per heavy atom. The van der Waals surface area contributed by atoms with Crippen LogP contribution in [0.3, 0.4) is 0 Å². The van der Waals surface area contributed by atoms with Crippen molar-refractivity contribution in [2.45, 2.75) is 25.7 Å². The molecule has 0 spiro atoms. The Bertz CT molecular complexity index is 603. The number of aliphatic carboxylic acids is 1. The normalized spacial score (nSPS) is 13.7. The molecule has 0 aliphatic rings. The molecule has 0 aliphatic heterocycles. The molecule has 116 valence electrons. The first-order valence-electron chi connectivity index (χ1n) is 6.73. The smallest absolute Gasteiger partial charge is 0.328 e. The summed E-state index contributed by atoms with van der Waals surface area (Å²) >= 11 is 0. The monoisotopic (exact) mass is 311 g/mol. The summed E-state index contributed by atoms with van der Waals surface area (Å²) in [6.07, 6.45) is 2.42. The van der Waals surface area contributed by atoms with Gasteiger partial charge in [-0.15, -0.1) is 0 Å². The first-order valence-corrected chi connectivity index (χ1v) is 8.21. The van der Waals surface area contributed by atoms with Gasteiger partial charge in [0.2, 0.25) is 10.0 Å². The van der Waals surface area contributed by atoms with Gasteiger partial charge in [-0.05, 0) is 35.6 Å². The zero-order valence-electron chi connectivity index (χ0n) is 12.4. The van der Waals surface area contributed by atoms with Crippen molar-refractivity contribution in [2.75, 3.05) is 6.54 Å². The Balaban J connectivity index is 2.78. The number of carbonyl (C=O) groups is 1. The van der Waals surface area contributed by atoms with Gasteiger partial charge in [-0.3, -0.25) is 0 Å². The summed E-state index contributed by atoms with van der Waals surface area (Å²) in [7, 11) is -3.53. The number of nitrogens with one attached hydrogen (secondary N) is 1. The zero-order valence-corrected chi connectivity index (χ0v) is 13.2. The van der Waals surface area contributed by atoms with Crippen molar-refractivity contribution < 1.29 is 18.3 Å². The van der Waals surface area contributed by atoms with Crippen LogP contribution in [-0.4, -0.2) is 26.0 Å². The molecule has 5 nitrogen and oxygen atoms in total. The third-order valence-corrected chi connectivity index (χ3v) is 4.78. The van der Waals surface area contributed by atoms with Gasteiger partial charge in [0.1, 0.15) is 0 Å².